The number of aryl methyl sites for hydroxylation is 1. The zero-order valence-corrected chi connectivity index (χ0v) is 11.2. The summed E-state index contributed by atoms with van der Waals surface area (Å²) in [6.07, 6.45) is 1.45. The highest BCUT2D eigenvalue weighted by atomic mass is 16.6. The van der Waals surface area contributed by atoms with Crippen LogP contribution in [-0.4, -0.2) is 15.8 Å². The molecular formula is C13H13N5O3. The Kier molecular flexibility index (Phi) is 4.10. The van der Waals surface area contributed by atoms with Crippen LogP contribution in [0.1, 0.15) is 16.1 Å². The third-order valence-corrected chi connectivity index (χ3v) is 2.83. The van der Waals surface area contributed by atoms with Gasteiger partial charge in [0.15, 0.2) is 0 Å². The van der Waals surface area contributed by atoms with Gasteiger partial charge in [-0.05, 0) is 30.7 Å². The number of nitrogen functional groups attached to an aromatic ring is 1. The van der Waals surface area contributed by atoms with E-state index in [9.17, 15) is 14.9 Å². The number of benzene rings is 1. The van der Waals surface area contributed by atoms with Crippen molar-refractivity contribution in [2.75, 3.05) is 10.7 Å². The molecule has 0 radical (unpaired) electrons. The summed E-state index contributed by atoms with van der Waals surface area (Å²) < 4.78 is 0. The van der Waals surface area contributed by atoms with Crippen LogP contribution in [0.3, 0.4) is 0 Å². The van der Waals surface area contributed by atoms with Crippen molar-refractivity contribution < 1.29 is 9.72 Å². The Morgan fingerprint density at radius 2 is 2.10 bits per heavy atom. The number of carbonyl (C=O) groups is 1. The van der Waals surface area contributed by atoms with Crippen LogP contribution in [0.2, 0.25) is 0 Å². The molecule has 1 aromatic carbocycles. The molecule has 0 fully saturated rings. The largest absolute Gasteiger partial charge is 0.324 e. The highest BCUT2D eigenvalue weighted by Gasteiger charge is 2.12. The first-order chi connectivity index (χ1) is 10.0. The molecule has 108 valence electrons. The number of hydrazine groups is 1. The van der Waals surface area contributed by atoms with Gasteiger partial charge >= 0.3 is 0 Å². The summed E-state index contributed by atoms with van der Waals surface area (Å²) in [4.78, 5) is 26.2. The molecule has 2 rings (SSSR count). The second-order valence-corrected chi connectivity index (χ2v) is 4.28. The average Bonchev–Trinajstić information content (AvgIpc) is 2.49. The monoisotopic (exact) mass is 287 g/mol. The Morgan fingerprint density at radius 1 is 1.33 bits per heavy atom. The van der Waals surface area contributed by atoms with Gasteiger partial charge in [-0.3, -0.25) is 25.7 Å². The van der Waals surface area contributed by atoms with Crippen molar-refractivity contribution in [1.29, 1.82) is 0 Å². The summed E-state index contributed by atoms with van der Waals surface area (Å²) in [5, 5.41) is 13.3. The van der Waals surface area contributed by atoms with Crippen molar-refractivity contribution in [1.82, 2.24) is 4.98 Å². The Bertz CT molecular complexity index is 702. The summed E-state index contributed by atoms with van der Waals surface area (Å²) in [5.74, 6) is 4.84. The lowest BCUT2D eigenvalue weighted by molar-refractivity contribution is -0.384. The van der Waals surface area contributed by atoms with Crippen LogP contribution in [0.5, 0.6) is 0 Å². The molecule has 0 aliphatic carbocycles. The highest BCUT2D eigenvalue weighted by molar-refractivity contribution is 6.03. The molecule has 1 heterocycles. The number of pyridine rings is 1. The highest BCUT2D eigenvalue weighted by Crippen LogP contribution is 2.21. The fourth-order valence-electron chi connectivity index (χ4n) is 1.73. The zero-order valence-electron chi connectivity index (χ0n) is 11.2. The molecular weight excluding hydrogens is 274 g/mol. The number of nitrogens with one attached hydrogen (secondary N) is 2. The number of amides is 1. The number of nitrogens with zero attached hydrogens (tertiary/aromatic N) is 2. The lowest BCUT2D eigenvalue weighted by Crippen LogP contribution is -2.15. The predicted octanol–water partition coefficient (Wildman–Crippen LogP) is 1.84. The van der Waals surface area contributed by atoms with Crippen molar-refractivity contribution in [3.8, 4) is 0 Å². The number of aromatic nitrogens is 1. The molecule has 0 saturated heterocycles. The second kappa shape index (κ2) is 5.97. The van der Waals surface area contributed by atoms with Crippen LogP contribution < -0.4 is 16.6 Å². The molecule has 8 nitrogen and oxygen atoms in total. The van der Waals surface area contributed by atoms with Gasteiger partial charge in [-0.2, -0.15) is 0 Å². The number of anilines is 2. The van der Waals surface area contributed by atoms with E-state index in [1.54, 1.807) is 13.0 Å². The Balaban J connectivity index is 2.21. The van der Waals surface area contributed by atoms with Crippen LogP contribution in [0.4, 0.5) is 17.1 Å². The lowest BCUT2D eigenvalue weighted by atomic mass is 10.1. The summed E-state index contributed by atoms with van der Waals surface area (Å²) in [6.45, 7) is 1.67. The van der Waals surface area contributed by atoms with Crippen LogP contribution in [-0.2, 0) is 0 Å². The standard InChI is InChI=1S/C13H13N5O3/c1-8-6-10(18(20)21)2-3-11(8)16-13(19)12-7-9(17-14)4-5-15-12/h2-7H,14H2,1H3,(H,15,17)(H,16,19). The van der Waals surface area contributed by atoms with Gasteiger partial charge in [-0.1, -0.05) is 0 Å². The molecule has 21 heavy (non-hydrogen) atoms. The van der Waals surface area contributed by atoms with Crippen molar-refractivity contribution in [3.05, 3.63) is 57.9 Å². The van der Waals surface area contributed by atoms with E-state index < -0.39 is 10.8 Å². The third kappa shape index (κ3) is 3.31. The van der Waals surface area contributed by atoms with E-state index in [-0.39, 0.29) is 11.4 Å². The van der Waals surface area contributed by atoms with Gasteiger partial charge in [0, 0.05) is 24.0 Å². The number of non-ortho nitro benzene ring substituents is 1. The van der Waals surface area contributed by atoms with Crippen LogP contribution in [0.25, 0.3) is 0 Å². The summed E-state index contributed by atoms with van der Waals surface area (Å²) in [6, 6.07) is 7.31. The minimum absolute atomic E-state index is 0.0297. The van der Waals surface area contributed by atoms with E-state index in [0.717, 1.165) is 0 Å². The number of nitro benzene ring substituents is 1. The summed E-state index contributed by atoms with van der Waals surface area (Å²) >= 11 is 0. The second-order valence-electron chi connectivity index (χ2n) is 4.28. The average molecular weight is 287 g/mol. The van der Waals surface area contributed by atoms with E-state index in [0.29, 0.717) is 16.9 Å². The van der Waals surface area contributed by atoms with Crippen LogP contribution >= 0.6 is 0 Å². The van der Waals surface area contributed by atoms with Gasteiger partial charge in [0.25, 0.3) is 11.6 Å². The Morgan fingerprint density at radius 3 is 2.71 bits per heavy atom. The topological polar surface area (TPSA) is 123 Å². The summed E-state index contributed by atoms with van der Waals surface area (Å²) in [7, 11) is 0. The molecule has 0 unspecified atom stereocenters. The molecule has 4 N–H and O–H groups in total. The zero-order chi connectivity index (χ0) is 15.4. The van der Waals surface area contributed by atoms with Crippen molar-refractivity contribution in [2.24, 2.45) is 5.84 Å². The molecule has 0 aliphatic rings. The van der Waals surface area contributed by atoms with E-state index in [1.165, 1.54) is 30.5 Å². The number of rotatable bonds is 4. The maximum Gasteiger partial charge on any atom is 0.274 e. The number of hydrogen-bond acceptors (Lipinski definition) is 6. The van der Waals surface area contributed by atoms with Gasteiger partial charge in [-0.15, -0.1) is 0 Å². The fourth-order valence-corrected chi connectivity index (χ4v) is 1.73. The van der Waals surface area contributed by atoms with E-state index >= 15 is 0 Å². The van der Waals surface area contributed by atoms with Gasteiger partial charge in [0.1, 0.15) is 5.69 Å². The molecule has 1 amide bonds. The Labute approximate surface area is 120 Å². The third-order valence-electron chi connectivity index (χ3n) is 2.83. The molecule has 0 saturated carbocycles. The first-order valence-electron chi connectivity index (χ1n) is 6.00. The minimum atomic E-state index is -0.490. The fraction of sp³-hybridized carbons (Fsp3) is 0.0769. The predicted molar refractivity (Wildman–Crippen MR) is 77.8 cm³/mol. The Hall–Kier alpha value is -3.00. The summed E-state index contributed by atoms with van der Waals surface area (Å²) in [5.41, 5.74) is 4.20. The van der Waals surface area contributed by atoms with Gasteiger partial charge in [0.2, 0.25) is 0 Å². The van der Waals surface area contributed by atoms with E-state index in [2.05, 4.69) is 15.7 Å². The van der Waals surface area contributed by atoms with Gasteiger partial charge in [0.05, 0.1) is 10.6 Å². The maximum absolute atomic E-state index is 12.1. The SMILES string of the molecule is Cc1cc([N+](=O)[O-])ccc1NC(=O)c1cc(NN)ccn1. The smallest absolute Gasteiger partial charge is 0.274 e. The molecule has 8 heteroatoms. The molecule has 0 atom stereocenters. The first-order valence-corrected chi connectivity index (χ1v) is 6.00. The number of nitrogens with two attached hydrogens (primary N) is 1. The maximum atomic E-state index is 12.1. The molecule has 0 spiro atoms. The van der Waals surface area contributed by atoms with E-state index in [1.807, 2.05) is 0 Å². The lowest BCUT2D eigenvalue weighted by Gasteiger charge is -2.08. The van der Waals surface area contributed by atoms with Crippen molar-refractivity contribution >= 4 is 23.0 Å². The molecule has 0 bridgehead atoms. The van der Waals surface area contributed by atoms with Crippen molar-refractivity contribution in [3.63, 3.8) is 0 Å². The van der Waals surface area contributed by atoms with E-state index in [4.69, 9.17) is 5.84 Å². The van der Waals surface area contributed by atoms with Gasteiger partial charge < -0.3 is 10.7 Å². The number of nitro groups is 1. The first kappa shape index (κ1) is 14.4. The normalized spacial score (nSPS) is 10.0. The number of hydrogen-bond donors (Lipinski definition) is 3. The van der Waals surface area contributed by atoms with Crippen LogP contribution in [0, 0.1) is 17.0 Å². The minimum Gasteiger partial charge on any atom is -0.324 e. The number of carbonyl (C=O) groups excluding carboxylic acids is 1. The van der Waals surface area contributed by atoms with Crippen LogP contribution in [0.15, 0.2) is 36.5 Å². The molecule has 0 aliphatic heterocycles. The van der Waals surface area contributed by atoms with Gasteiger partial charge in [-0.25, -0.2) is 0 Å². The quantitative estimate of drug-likeness (QED) is 0.448. The molecule has 2 aromatic rings. The molecule has 1 aromatic heterocycles. The van der Waals surface area contributed by atoms with Crippen molar-refractivity contribution in [2.45, 2.75) is 6.92 Å².